The van der Waals surface area contributed by atoms with E-state index in [9.17, 15) is 4.79 Å². The molecule has 1 aliphatic heterocycles. The number of methoxy groups -OCH3 is 2. The van der Waals surface area contributed by atoms with Crippen molar-refractivity contribution in [3.63, 3.8) is 0 Å². The van der Waals surface area contributed by atoms with Crippen LogP contribution >= 0.6 is 22.9 Å². The van der Waals surface area contributed by atoms with Gasteiger partial charge in [0.25, 0.3) is 5.91 Å². The molecule has 2 aromatic carbocycles. The van der Waals surface area contributed by atoms with Gasteiger partial charge in [-0.3, -0.25) is 9.69 Å². The fraction of sp³-hybridized carbons (Fsp3) is 0.333. The van der Waals surface area contributed by atoms with Crippen LogP contribution in [0.15, 0.2) is 36.4 Å². The van der Waals surface area contributed by atoms with Crippen molar-refractivity contribution >= 4 is 44.2 Å². The number of anilines is 1. The minimum Gasteiger partial charge on any atom is -0.496 e. The Balaban J connectivity index is 1.79. The van der Waals surface area contributed by atoms with Crippen LogP contribution in [-0.4, -0.2) is 44.4 Å². The van der Waals surface area contributed by atoms with E-state index in [2.05, 4.69) is 0 Å². The number of ether oxygens (including phenoxy) is 3. The molecule has 0 saturated carbocycles. The number of amides is 1. The van der Waals surface area contributed by atoms with Gasteiger partial charge >= 0.3 is 0 Å². The van der Waals surface area contributed by atoms with Gasteiger partial charge in [-0.15, -0.1) is 0 Å². The van der Waals surface area contributed by atoms with E-state index in [-0.39, 0.29) is 12.0 Å². The van der Waals surface area contributed by atoms with Gasteiger partial charge < -0.3 is 14.2 Å². The number of fused-ring (bicyclic) bond motifs is 1. The Morgan fingerprint density at radius 3 is 2.76 bits per heavy atom. The molecule has 2 heterocycles. The molecular formula is C21H21ClN2O4S. The Bertz CT molecular complexity index is 1030. The number of benzene rings is 2. The summed E-state index contributed by atoms with van der Waals surface area (Å²) in [6.07, 6.45) is 1.86. The molecule has 8 heteroatoms. The molecule has 1 atom stereocenters. The maximum Gasteiger partial charge on any atom is 0.263 e. The first-order chi connectivity index (χ1) is 14.1. The van der Waals surface area contributed by atoms with Crippen LogP contribution in [0.4, 0.5) is 5.13 Å². The van der Waals surface area contributed by atoms with Crippen molar-refractivity contribution in [1.29, 1.82) is 0 Å². The van der Waals surface area contributed by atoms with E-state index in [1.54, 1.807) is 43.4 Å². The van der Waals surface area contributed by atoms with Gasteiger partial charge in [-0.25, -0.2) is 4.98 Å². The standard InChI is InChI=1S/C21H21ClN2O4S/c1-26-16-8-4-3-7-14(16)20(25)24(12-13-6-5-11-28-13)21-23-18-17(27-2)10-9-15(22)19(18)29-21/h3-4,7-10,13H,5-6,11-12H2,1-2H3. The highest BCUT2D eigenvalue weighted by molar-refractivity contribution is 7.23. The predicted molar refractivity (Wildman–Crippen MR) is 115 cm³/mol. The van der Waals surface area contributed by atoms with Crippen molar-refractivity contribution in [2.45, 2.75) is 18.9 Å². The van der Waals surface area contributed by atoms with E-state index >= 15 is 0 Å². The van der Waals surface area contributed by atoms with Crippen LogP contribution in [0, 0.1) is 0 Å². The number of aromatic nitrogens is 1. The summed E-state index contributed by atoms with van der Waals surface area (Å²) in [5.41, 5.74) is 1.12. The Morgan fingerprint density at radius 2 is 2.03 bits per heavy atom. The Labute approximate surface area is 178 Å². The number of hydrogen-bond donors (Lipinski definition) is 0. The van der Waals surface area contributed by atoms with Crippen LogP contribution in [0.25, 0.3) is 10.2 Å². The quantitative estimate of drug-likeness (QED) is 0.560. The minimum absolute atomic E-state index is 0.0296. The number of thiazole rings is 1. The summed E-state index contributed by atoms with van der Waals surface area (Å²) >= 11 is 7.75. The van der Waals surface area contributed by atoms with Gasteiger partial charge in [0, 0.05) is 6.61 Å². The molecule has 6 nitrogen and oxygen atoms in total. The zero-order valence-corrected chi connectivity index (χ0v) is 17.8. The largest absolute Gasteiger partial charge is 0.496 e. The number of para-hydroxylation sites is 1. The average molecular weight is 433 g/mol. The molecule has 0 radical (unpaired) electrons. The summed E-state index contributed by atoms with van der Waals surface area (Å²) in [5.74, 6) is 0.951. The fourth-order valence-corrected chi connectivity index (χ4v) is 4.69. The summed E-state index contributed by atoms with van der Waals surface area (Å²) < 4.78 is 17.4. The highest BCUT2D eigenvalue weighted by Crippen LogP contribution is 2.39. The van der Waals surface area contributed by atoms with Crippen molar-refractivity contribution in [3.8, 4) is 11.5 Å². The summed E-state index contributed by atoms with van der Waals surface area (Å²) in [6, 6.07) is 10.7. The molecule has 3 aromatic rings. The van der Waals surface area contributed by atoms with Gasteiger partial charge in [0.15, 0.2) is 5.13 Å². The van der Waals surface area contributed by atoms with Gasteiger partial charge in [-0.1, -0.05) is 35.1 Å². The average Bonchev–Trinajstić information content (AvgIpc) is 3.42. The third kappa shape index (κ3) is 3.90. The molecule has 152 valence electrons. The zero-order chi connectivity index (χ0) is 20.4. The maximum atomic E-state index is 13.5. The van der Waals surface area contributed by atoms with Crippen molar-refractivity contribution in [2.75, 3.05) is 32.3 Å². The normalized spacial score (nSPS) is 16.2. The van der Waals surface area contributed by atoms with E-state index in [0.29, 0.717) is 45.9 Å². The smallest absolute Gasteiger partial charge is 0.263 e. The molecule has 29 heavy (non-hydrogen) atoms. The van der Waals surface area contributed by atoms with Crippen molar-refractivity contribution in [1.82, 2.24) is 4.98 Å². The SMILES string of the molecule is COc1ccccc1C(=O)N(CC1CCCO1)c1nc2c(OC)ccc(Cl)c2s1. The highest BCUT2D eigenvalue weighted by atomic mass is 35.5. The minimum atomic E-state index is -0.188. The molecule has 0 N–H and O–H groups in total. The van der Waals surface area contributed by atoms with Crippen LogP contribution < -0.4 is 14.4 Å². The first-order valence-corrected chi connectivity index (χ1v) is 10.5. The lowest BCUT2D eigenvalue weighted by atomic mass is 10.1. The van der Waals surface area contributed by atoms with E-state index in [0.717, 1.165) is 17.5 Å². The predicted octanol–water partition coefficient (Wildman–Crippen LogP) is 4.79. The third-order valence-corrected chi connectivity index (χ3v) is 6.43. The molecule has 1 unspecified atom stereocenters. The molecular weight excluding hydrogens is 412 g/mol. The summed E-state index contributed by atoms with van der Waals surface area (Å²) in [6.45, 7) is 1.12. The van der Waals surface area contributed by atoms with E-state index in [1.165, 1.54) is 11.3 Å². The number of carbonyl (C=O) groups excluding carboxylic acids is 1. The van der Waals surface area contributed by atoms with E-state index in [4.69, 9.17) is 30.8 Å². The lowest BCUT2D eigenvalue weighted by Gasteiger charge is -2.23. The molecule has 0 bridgehead atoms. The molecule has 1 fully saturated rings. The van der Waals surface area contributed by atoms with Gasteiger partial charge in [-0.05, 0) is 37.1 Å². The van der Waals surface area contributed by atoms with Gasteiger partial charge in [0.2, 0.25) is 0 Å². The number of rotatable bonds is 6. The Hall–Kier alpha value is -2.35. The number of carbonyl (C=O) groups is 1. The second-order valence-electron chi connectivity index (χ2n) is 6.67. The second-order valence-corrected chi connectivity index (χ2v) is 8.06. The van der Waals surface area contributed by atoms with E-state index in [1.807, 2.05) is 12.1 Å². The van der Waals surface area contributed by atoms with Crippen molar-refractivity contribution < 1.29 is 19.0 Å². The summed E-state index contributed by atoms with van der Waals surface area (Å²) in [4.78, 5) is 19.9. The number of hydrogen-bond acceptors (Lipinski definition) is 6. The first-order valence-electron chi connectivity index (χ1n) is 9.32. The third-order valence-electron chi connectivity index (χ3n) is 4.89. The summed E-state index contributed by atoms with van der Waals surface area (Å²) in [7, 11) is 3.14. The van der Waals surface area contributed by atoms with Crippen LogP contribution in [0.5, 0.6) is 11.5 Å². The molecule has 1 aliphatic rings. The lowest BCUT2D eigenvalue weighted by molar-refractivity contribution is 0.0915. The molecule has 1 saturated heterocycles. The van der Waals surface area contributed by atoms with Gasteiger partial charge in [-0.2, -0.15) is 0 Å². The molecule has 0 spiro atoms. The van der Waals surface area contributed by atoms with Crippen LogP contribution in [0.3, 0.4) is 0 Å². The Kier molecular flexibility index (Phi) is 5.89. The maximum absolute atomic E-state index is 13.5. The monoisotopic (exact) mass is 432 g/mol. The van der Waals surface area contributed by atoms with Crippen LogP contribution in [-0.2, 0) is 4.74 Å². The topological polar surface area (TPSA) is 60.9 Å². The first kappa shape index (κ1) is 19.9. The highest BCUT2D eigenvalue weighted by Gasteiger charge is 2.29. The van der Waals surface area contributed by atoms with Crippen molar-refractivity contribution in [2.24, 2.45) is 0 Å². The lowest BCUT2D eigenvalue weighted by Crippen LogP contribution is -2.37. The number of halogens is 1. The molecule has 0 aliphatic carbocycles. The van der Waals surface area contributed by atoms with Gasteiger partial charge in [0.1, 0.15) is 17.0 Å². The fourth-order valence-electron chi connectivity index (χ4n) is 3.43. The van der Waals surface area contributed by atoms with Crippen molar-refractivity contribution in [3.05, 3.63) is 47.0 Å². The Morgan fingerprint density at radius 1 is 1.24 bits per heavy atom. The second kappa shape index (κ2) is 8.57. The zero-order valence-electron chi connectivity index (χ0n) is 16.2. The molecule has 1 amide bonds. The number of nitrogens with zero attached hydrogens (tertiary/aromatic N) is 2. The van der Waals surface area contributed by atoms with Crippen LogP contribution in [0.1, 0.15) is 23.2 Å². The molecule has 1 aromatic heterocycles. The van der Waals surface area contributed by atoms with E-state index < -0.39 is 0 Å². The summed E-state index contributed by atoms with van der Waals surface area (Å²) in [5, 5.41) is 1.13. The molecule has 4 rings (SSSR count). The van der Waals surface area contributed by atoms with Gasteiger partial charge in [0.05, 0.1) is 42.2 Å². The van der Waals surface area contributed by atoms with Crippen LogP contribution in [0.2, 0.25) is 5.02 Å².